The van der Waals surface area contributed by atoms with E-state index in [4.69, 9.17) is 0 Å². The van der Waals surface area contributed by atoms with Crippen LogP contribution in [0.4, 0.5) is 0 Å². The van der Waals surface area contributed by atoms with Crippen LogP contribution < -0.4 is 0 Å². The molecule has 3 rings (SSSR count). The molecule has 0 N–H and O–H groups in total. The van der Waals surface area contributed by atoms with Gasteiger partial charge in [-0.3, -0.25) is 19.4 Å². The van der Waals surface area contributed by atoms with Gasteiger partial charge < -0.3 is 14.7 Å². The minimum Gasteiger partial charge on any atom is -0.339 e. The normalized spacial score (nSPS) is 18.8. The molecule has 2 saturated heterocycles. The molecule has 0 radical (unpaired) electrons. The van der Waals surface area contributed by atoms with Gasteiger partial charge in [-0.25, -0.2) is 0 Å². The molecule has 3 amide bonds. The topological polar surface area (TPSA) is 73.8 Å². The fraction of sp³-hybridized carbons (Fsp3) is 0.579. The standard InChI is InChI=1S/C19H26N4O3/c1-14-4-7-22(8-5-14)19(26)17-13-16(3-6-20-17)18(25)23-11-9-21(10-12-23)15(2)24/h3,6,13-14H,4-5,7-12H2,1-2H3. The highest BCUT2D eigenvalue weighted by molar-refractivity contribution is 5.98. The van der Waals surface area contributed by atoms with Crippen LogP contribution >= 0.6 is 0 Å². The van der Waals surface area contributed by atoms with E-state index in [1.54, 1.807) is 28.9 Å². The Morgan fingerprint density at radius 2 is 1.50 bits per heavy atom. The molecule has 0 unspecified atom stereocenters. The molecule has 3 heterocycles. The van der Waals surface area contributed by atoms with E-state index in [1.807, 2.05) is 4.90 Å². The van der Waals surface area contributed by atoms with Crippen molar-refractivity contribution in [2.45, 2.75) is 26.7 Å². The first-order chi connectivity index (χ1) is 12.5. The summed E-state index contributed by atoms with van der Waals surface area (Å²) < 4.78 is 0. The summed E-state index contributed by atoms with van der Waals surface area (Å²) in [5.74, 6) is 0.461. The van der Waals surface area contributed by atoms with E-state index in [-0.39, 0.29) is 17.7 Å². The second-order valence-electron chi connectivity index (χ2n) is 7.20. The third-order valence-electron chi connectivity index (χ3n) is 5.31. The third-order valence-corrected chi connectivity index (χ3v) is 5.31. The average Bonchev–Trinajstić information content (AvgIpc) is 2.67. The zero-order valence-corrected chi connectivity index (χ0v) is 15.5. The molecule has 1 aromatic heterocycles. The Labute approximate surface area is 154 Å². The zero-order chi connectivity index (χ0) is 18.7. The molecule has 0 bridgehead atoms. The van der Waals surface area contributed by atoms with Crippen LogP contribution in [0.25, 0.3) is 0 Å². The first-order valence-electron chi connectivity index (χ1n) is 9.26. The lowest BCUT2D eigenvalue weighted by Gasteiger charge is -2.34. The van der Waals surface area contributed by atoms with E-state index in [1.165, 1.54) is 6.20 Å². The van der Waals surface area contributed by atoms with E-state index in [2.05, 4.69) is 11.9 Å². The predicted molar refractivity (Wildman–Crippen MR) is 96.7 cm³/mol. The summed E-state index contributed by atoms with van der Waals surface area (Å²) in [6.07, 6.45) is 3.54. The molecule has 0 spiro atoms. The van der Waals surface area contributed by atoms with Gasteiger partial charge in [-0.15, -0.1) is 0 Å². The summed E-state index contributed by atoms with van der Waals surface area (Å²) in [6.45, 7) is 7.33. The van der Waals surface area contributed by atoms with Gasteiger partial charge in [0.25, 0.3) is 11.8 Å². The largest absolute Gasteiger partial charge is 0.339 e. The van der Waals surface area contributed by atoms with Gasteiger partial charge in [0, 0.05) is 58.0 Å². The molecular weight excluding hydrogens is 332 g/mol. The summed E-state index contributed by atoms with van der Waals surface area (Å²) in [7, 11) is 0. The molecule has 2 aliphatic heterocycles. The van der Waals surface area contributed by atoms with Gasteiger partial charge in [-0.1, -0.05) is 6.92 Å². The highest BCUT2D eigenvalue weighted by Crippen LogP contribution is 2.18. The number of piperidine rings is 1. The number of amides is 3. The third kappa shape index (κ3) is 4.03. The number of aromatic nitrogens is 1. The highest BCUT2D eigenvalue weighted by Gasteiger charge is 2.26. The van der Waals surface area contributed by atoms with E-state index in [9.17, 15) is 14.4 Å². The Bertz CT molecular complexity index is 690. The van der Waals surface area contributed by atoms with Crippen molar-refractivity contribution in [1.82, 2.24) is 19.7 Å². The van der Waals surface area contributed by atoms with Crippen molar-refractivity contribution in [1.29, 1.82) is 0 Å². The minimum atomic E-state index is -0.114. The van der Waals surface area contributed by atoms with Gasteiger partial charge >= 0.3 is 0 Å². The summed E-state index contributed by atoms with van der Waals surface area (Å²) in [5.41, 5.74) is 0.803. The second-order valence-corrected chi connectivity index (χ2v) is 7.20. The van der Waals surface area contributed by atoms with E-state index >= 15 is 0 Å². The fourth-order valence-electron chi connectivity index (χ4n) is 3.46. The van der Waals surface area contributed by atoms with Crippen LogP contribution in [-0.4, -0.2) is 76.7 Å². The molecule has 1 aromatic rings. The molecule has 7 nitrogen and oxygen atoms in total. The minimum absolute atomic E-state index is 0.0322. The van der Waals surface area contributed by atoms with Crippen molar-refractivity contribution in [2.24, 2.45) is 5.92 Å². The van der Waals surface area contributed by atoms with Crippen LogP contribution in [0, 0.1) is 5.92 Å². The molecule has 0 aliphatic carbocycles. The van der Waals surface area contributed by atoms with Crippen LogP contribution in [0.3, 0.4) is 0 Å². The van der Waals surface area contributed by atoms with Crippen LogP contribution in [0.2, 0.25) is 0 Å². The Morgan fingerprint density at radius 3 is 2.12 bits per heavy atom. The maximum Gasteiger partial charge on any atom is 0.272 e. The number of piperazine rings is 1. The Balaban J connectivity index is 1.66. The lowest BCUT2D eigenvalue weighted by Crippen LogP contribution is -2.50. The molecule has 0 atom stereocenters. The van der Waals surface area contributed by atoms with Crippen molar-refractivity contribution in [3.8, 4) is 0 Å². The number of hydrogen-bond donors (Lipinski definition) is 0. The molecule has 2 fully saturated rings. The first-order valence-corrected chi connectivity index (χ1v) is 9.26. The monoisotopic (exact) mass is 358 g/mol. The van der Waals surface area contributed by atoms with E-state index in [0.717, 1.165) is 25.9 Å². The molecule has 7 heteroatoms. The van der Waals surface area contributed by atoms with Gasteiger partial charge in [0.15, 0.2) is 0 Å². The summed E-state index contributed by atoms with van der Waals surface area (Å²) in [5, 5.41) is 0. The van der Waals surface area contributed by atoms with Crippen molar-refractivity contribution >= 4 is 17.7 Å². The summed E-state index contributed by atoms with van der Waals surface area (Å²) in [4.78, 5) is 46.3. The average molecular weight is 358 g/mol. The number of carbonyl (C=O) groups is 3. The zero-order valence-electron chi connectivity index (χ0n) is 15.5. The second kappa shape index (κ2) is 7.85. The molecule has 0 saturated carbocycles. The SMILES string of the molecule is CC(=O)N1CCN(C(=O)c2ccnc(C(=O)N3CCC(C)CC3)c2)CC1. The Kier molecular flexibility index (Phi) is 5.54. The smallest absolute Gasteiger partial charge is 0.272 e. The Hall–Kier alpha value is -2.44. The summed E-state index contributed by atoms with van der Waals surface area (Å²) >= 11 is 0. The molecule has 26 heavy (non-hydrogen) atoms. The van der Waals surface area contributed by atoms with Crippen LogP contribution in [0.15, 0.2) is 18.3 Å². The summed E-state index contributed by atoms with van der Waals surface area (Å²) in [6, 6.07) is 3.24. The van der Waals surface area contributed by atoms with Gasteiger partial charge in [-0.05, 0) is 30.9 Å². The van der Waals surface area contributed by atoms with Crippen LogP contribution in [0.5, 0.6) is 0 Å². The van der Waals surface area contributed by atoms with Crippen molar-refractivity contribution in [3.05, 3.63) is 29.6 Å². The van der Waals surface area contributed by atoms with E-state index in [0.29, 0.717) is 43.4 Å². The van der Waals surface area contributed by atoms with Crippen molar-refractivity contribution in [3.63, 3.8) is 0 Å². The van der Waals surface area contributed by atoms with Crippen molar-refractivity contribution < 1.29 is 14.4 Å². The highest BCUT2D eigenvalue weighted by atomic mass is 16.2. The van der Waals surface area contributed by atoms with Gasteiger partial charge in [-0.2, -0.15) is 0 Å². The number of carbonyl (C=O) groups excluding carboxylic acids is 3. The Morgan fingerprint density at radius 1 is 0.923 bits per heavy atom. The maximum atomic E-state index is 12.7. The number of hydrogen-bond acceptors (Lipinski definition) is 4. The van der Waals surface area contributed by atoms with Gasteiger partial charge in [0.05, 0.1) is 0 Å². The van der Waals surface area contributed by atoms with E-state index < -0.39 is 0 Å². The lowest BCUT2D eigenvalue weighted by atomic mass is 9.99. The first kappa shape index (κ1) is 18.4. The number of pyridine rings is 1. The van der Waals surface area contributed by atoms with Crippen LogP contribution in [0.1, 0.15) is 47.5 Å². The molecule has 2 aliphatic rings. The van der Waals surface area contributed by atoms with Crippen LogP contribution in [-0.2, 0) is 4.79 Å². The van der Waals surface area contributed by atoms with Gasteiger partial charge in [0.1, 0.15) is 5.69 Å². The van der Waals surface area contributed by atoms with Crippen molar-refractivity contribution in [2.75, 3.05) is 39.3 Å². The predicted octanol–water partition coefficient (Wildman–Crippen LogP) is 1.26. The quantitative estimate of drug-likeness (QED) is 0.798. The molecule has 140 valence electrons. The number of nitrogens with zero attached hydrogens (tertiary/aromatic N) is 4. The lowest BCUT2D eigenvalue weighted by molar-refractivity contribution is -0.130. The van der Waals surface area contributed by atoms with Gasteiger partial charge in [0.2, 0.25) is 5.91 Å². The number of likely N-dealkylation sites (tertiary alicyclic amines) is 1. The fourth-order valence-corrected chi connectivity index (χ4v) is 3.46. The molecular formula is C19H26N4O3. The maximum absolute atomic E-state index is 12.7. The molecule has 0 aromatic carbocycles. The number of rotatable bonds is 2.